The molecule has 0 fully saturated rings. The normalized spacial score (nSPS) is 12.5. The average molecular weight is 436 g/mol. The first-order valence-electron chi connectivity index (χ1n) is 6.32. The summed E-state index contributed by atoms with van der Waals surface area (Å²) in [5.74, 6) is 0. The van der Waals surface area contributed by atoms with Crippen molar-refractivity contribution in [2.24, 2.45) is 0 Å². The Balaban J connectivity index is 2.30. The molecule has 0 saturated carbocycles. The molecule has 0 aliphatic heterocycles. The summed E-state index contributed by atoms with van der Waals surface area (Å²) in [5.41, 5.74) is -1.82. The molecule has 0 radical (unpaired) electrons. The van der Waals surface area contributed by atoms with Crippen molar-refractivity contribution in [1.29, 1.82) is 0 Å². The highest BCUT2D eigenvalue weighted by molar-refractivity contribution is 14.1. The van der Waals surface area contributed by atoms with Gasteiger partial charge in [-0.25, -0.2) is 0 Å². The number of aliphatic hydroxyl groups is 1. The van der Waals surface area contributed by atoms with Gasteiger partial charge in [0, 0.05) is 8.47 Å². The van der Waals surface area contributed by atoms with E-state index in [0.29, 0.717) is 0 Å². The lowest BCUT2D eigenvalue weighted by atomic mass is 9.98. The summed E-state index contributed by atoms with van der Waals surface area (Å²) in [7, 11) is 0. The van der Waals surface area contributed by atoms with E-state index >= 15 is 0 Å². The quantitative estimate of drug-likeness (QED) is 0.517. The zero-order chi connectivity index (χ0) is 16.2. The largest absolute Gasteiger partial charge is 0.446 e. The molecule has 0 aliphatic carbocycles. The molecule has 22 heavy (non-hydrogen) atoms. The van der Waals surface area contributed by atoms with Gasteiger partial charge in [0.2, 0.25) is 0 Å². The lowest BCUT2D eigenvalue weighted by molar-refractivity contribution is -0.0328. The first kappa shape index (κ1) is 17.4. The molecule has 116 valence electrons. The number of alkyl halides is 3. The minimum Gasteiger partial charge on any atom is -0.392 e. The van der Waals surface area contributed by atoms with E-state index < -0.39 is 5.51 Å². The molecule has 0 aromatic heterocycles. The van der Waals surface area contributed by atoms with Crippen molar-refractivity contribution >= 4 is 39.9 Å². The second-order valence-corrected chi connectivity index (χ2v) is 6.76. The molecule has 0 atom stereocenters. The number of benzene rings is 2. The van der Waals surface area contributed by atoms with Crippen LogP contribution in [0.4, 0.5) is 13.2 Å². The summed E-state index contributed by atoms with van der Waals surface area (Å²) in [6, 6.07) is 13.9. The Labute approximate surface area is 144 Å². The van der Waals surface area contributed by atoms with Crippen LogP contribution in [0.5, 0.6) is 0 Å². The van der Waals surface area contributed by atoms with Gasteiger partial charge in [-0.2, -0.15) is 13.2 Å². The van der Waals surface area contributed by atoms with E-state index in [-0.39, 0.29) is 23.3 Å². The van der Waals surface area contributed by atoms with E-state index in [0.717, 1.165) is 20.3 Å². The second kappa shape index (κ2) is 7.52. The van der Waals surface area contributed by atoms with E-state index in [1.54, 1.807) is 18.2 Å². The fraction of sp³-hybridized carbons (Fsp3) is 0.125. The summed E-state index contributed by atoms with van der Waals surface area (Å²) in [4.78, 5) is 0.141. The second-order valence-electron chi connectivity index (χ2n) is 4.38. The van der Waals surface area contributed by atoms with Gasteiger partial charge in [-0.05, 0) is 75.3 Å². The van der Waals surface area contributed by atoms with Gasteiger partial charge >= 0.3 is 5.51 Å². The molecule has 2 rings (SSSR count). The van der Waals surface area contributed by atoms with Gasteiger partial charge in [-0.15, -0.1) is 0 Å². The van der Waals surface area contributed by atoms with Crippen molar-refractivity contribution in [3.05, 3.63) is 69.3 Å². The molecule has 0 heterocycles. The number of hydrogen-bond donors (Lipinski definition) is 1. The van der Waals surface area contributed by atoms with Crippen LogP contribution in [0.15, 0.2) is 59.5 Å². The Morgan fingerprint density at radius 3 is 1.95 bits per heavy atom. The highest BCUT2D eigenvalue weighted by Gasteiger charge is 2.29. The van der Waals surface area contributed by atoms with Gasteiger partial charge in [-0.3, -0.25) is 0 Å². The Morgan fingerprint density at radius 2 is 1.50 bits per heavy atom. The Morgan fingerprint density at radius 1 is 1.00 bits per heavy atom. The maximum Gasteiger partial charge on any atom is 0.446 e. The first-order valence-corrected chi connectivity index (χ1v) is 8.22. The van der Waals surface area contributed by atoms with Crippen LogP contribution in [0.2, 0.25) is 0 Å². The number of rotatable bonds is 4. The van der Waals surface area contributed by atoms with E-state index in [1.165, 1.54) is 12.1 Å². The zero-order valence-electron chi connectivity index (χ0n) is 11.3. The van der Waals surface area contributed by atoms with Gasteiger partial charge < -0.3 is 5.11 Å². The minimum absolute atomic E-state index is 0.138. The molecule has 0 bridgehead atoms. The van der Waals surface area contributed by atoms with Crippen LogP contribution >= 0.6 is 34.4 Å². The fourth-order valence-electron chi connectivity index (χ4n) is 1.96. The van der Waals surface area contributed by atoms with Gasteiger partial charge in [-0.1, -0.05) is 30.3 Å². The molecule has 2 aromatic rings. The van der Waals surface area contributed by atoms with Crippen LogP contribution in [0.3, 0.4) is 0 Å². The zero-order valence-corrected chi connectivity index (χ0v) is 14.2. The lowest BCUT2D eigenvalue weighted by Gasteiger charge is -2.10. The van der Waals surface area contributed by atoms with Crippen molar-refractivity contribution < 1.29 is 18.3 Å². The predicted molar refractivity (Wildman–Crippen MR) is 91.7 cm³/mol. The van der Waals surface area contributed by atoms with Crippen molar-refractivity contribution in [2.45, 2.75) is 10.4 Å². The monoisotopic (exact) mass is 436 g/mol. The molecule has 1 N–H and O–H groups in total. The number of aliphatic hydroxyl groups excluding tert-OH is 1. The summed E-state index contributed by atoms with van der Waals surface area (Å²) in [5, 5.41) is 9.19. The summed E-state index contributed by atoms with van der Waals surface area (Å²) >= 11 is 2.06. The number of hydrogen-bond acceptors (Lipinski definition) is 2. The van der Waals surface area contributed by atoms with Crippen molar-refractivity contribution in [1.82, 2.24) is 0 Å². The standard InChI is InChI=1S/C16H12F3IOS/c17-16(18,19)22-14-7-3-12(4-8-14)15(9-10-21)11-1-5-13(20)6-2-11/h1-9,21H,10H2/b15-9+. The number of halogens is 4. The van der Waals surface area contributed by atoms with Crippen LogP contribution in [0, 0.1) is 3.57 Å². The lowest BCUT2D eigenvalue weighted by Crippen LogP contribution is -1.99. The maximum absolute atomic E-state index is 12.3. The van der Waals surface area contributed by atoms with Crippen LogP contribution in [0.1, 0.15) is 11.1 Å². The summed E-state index contributed by atoms with van der Waals surface area (Å²) in [6.45, 7) is -0.139. The molecule has 0 saturated heterocycles. The van der Waals surface area contributed by atoms with E-state index in [1.807, 2.05) is 24.3 Å². The molecule has 0 amide bonds. The third-order valence-corrected chi connectivity index (χ3v) is 4.31. The third-order valence-electron chi connectivity index (χ3n) is 2.85. The van der Waals surface area contributed by atoms with E-state index in [4.69, 9.17) is 0 Å². The third kappa shape index (κ3) is 5.03. The van der Waals surface area contributed by atoms with Crippen molar-refractivity contribution in [3.8, 4) is 0 Å². The topological polar surface area (TPSA) is 20.2 Å². The smallest absolute Gasteiger partial charge is 0.392 e. The average Bonchev–Trinajstić information content (AvgIpc) is 2.45. The highest BCUT2D eigenvalue weighted by Crippen LogP contribution is 2.37. The Bertz CT molecular complexity index is 649. The first-order chi connectivity index (χ1) is 10.4. The fourth-order valence-corrected chi connectivity index (χ4v) is 2.86. The molecule has 0 spiro atoms. The van der Waals surface area contributed by atoms with Gasteiger partial charge in [0.25, 0.3) is 0 Å². The van der Waals surface area contributed by atoms with Gasteiger partial charge in [0.05, 0.1) is 6.61 Å². The van der Waals surface area contributed by atoms with Gasteiger partial charge in [0.15, 0.2) is 0 Å². The predicted octanol–water partition coefficient (Wildman–Crippen LogP) is 5.33. The van der Waals surface area contributed by atoms with Gasteiger partial charge in [0.1, 0.15) is 0 Å². The molecule has 0 aliphatic rings. The van der Waals surface area contributed by atoms with E-state index in [9.17, 15) is 18.3 Å². The molecule has 6 heteroatoms. The van der Waals surface area contributed by atoms with E-state index in [2.05, 4.69) is 22.6 Å². The van der Waals surface area contributed by atoms with Crippen molar-refractivity contribution in [2.75, 3.05) is 6.61 Å². The maximum atomic E-state index is 12.3. The van der Waals surface area contributed by atoms with Crippen LogP contribution in [-0.2, 0) is 0 Å². The molecule has 2 aromatic carbocycles. The molecule has 1 nitrogen and oxygen atoms in total. The Kier molecular flexibility index (Phi) is 5.94. The van der Waals surface area contributed by atoms with Crippen LogP contribution in [-0.4, -0.2) is 17.2 Å². The van der Waals surface area contributed by atoms with Crippen LogP contribution in [0.25, 0.3) is 5.57 Å². The SMILES string of the molecule is OC/C=C(\c1ccc(I)cc1)c1ccc(SC(F)(F)F)cc1. The van der Waals surface area contributed by atoms with Crippen LogP contribution < -0.4 is 0 Å². The molecule has 0 unspecified atom stereocenters. The summed E-state index contributed by atoms with van der Waals surface area (Å²) < 4.78 is 38.1. The summed E-state index contributed by atoms with van der Waals surface area (Å²) in [6.07, 6.45) is 1.65. The number of thioether (sulfide) groups is 1. The Hall–Kier alpha value is -0.990. The minimum atomic E-state index is -4.29. The molecular formula is C16H12F3IOS. The van der Waals surface area contributed by atoms with Crippen molar-refractivity contribution in [3.63, 3.8) is 0 Å². The molecular weight excluding hydrogens is 424 g/mol. The highest BCUT2D eigenvalue weighted by atomic mass is 127.